The van der Waals surface area contributed by atoms with Gasteiger partial charge in [0.2, 0.25) is 0 Å². The molecule has 116 valence electrons. The number of nitrogen functional groups attached to an aromatic ring is 1. The fraction of sp³-hybridized carbons (Fsp3) is 0.538. The average Bonchev–Trinajstić information content (AvgIpc) is 2.35. The van der Waals surface area contributed by atoms with Crippen LogP contribution in [0.25, 0.3) is 0 Å². The SMILES string of the molecule is CC1(O)CCCN(c2nc(C(F)(F)F)ccc2C(=N)N)C1. The number of hydrogen-bond acceptors (Lipinski definition) is 4. The number of aromatic nitrogens is 1. The molecule has 1 atom stereocenters. The van der Waals surface area contributed by atoms with Gasteiger partial charge in [0.25, 0.3) is 0 Å². The number of pyridine rings is 1. The van der Waals surface area contributed by atoms with Crippen LogP contribution >= 0.6 is 0 Å². The van der Waals surface area contributed by atoms with Crippen LogP contribution in [0.2, 0.25) is 0 Å². The highest BCUT2D eigenvalue weighted by Gasteiger charge is 2.35. The predicted octanol–water partition coefficient (Wildman–Crippen LogP) is 1.74. The molecule has 0 saturated carbocycles. The van der Waals surface area contributed by atoms with E-state index in [-0.39, 0.29) is 23.8 Å². The summed E-state index contributed by atoms with van der Waals surface area (Å²) in [5.74, 6) is -0.353. The number of nitrogens with one attached hydrogen (secondary N) is 1. The number of anilines is 1. The van der Waals surface area contributed by atoms with Crippen molar-refractivity contribution in [1.82, 2.24) is 4.98 Å². The van der Waals surface area contributed by atoms with Crippen LogP contribution < -0.4 is 10.6 Å². The van der Waals surface area contributed by atoms with Crippen molar-refractivity contribution in [2.75, 3.05) is 18.0 Å². The van der Waals surface area contributed by atoms with Gasteiger partial charge in [0, 0.05) is 13.1 Å². The zero-order chi connectivity index (χ0) is 15.8. The van der Waals surface area contributed by atoms with E-state index in [1.165, 1.54) is 0 Å². The Morgan fingerprint density at radius 3 is 2.67 bits per heavy atom. The maximum absolute atomic E-state index is 12.8. The third kappa shape index (κ3) is 3.44. The number of aliphatic hydroxyl groups is 1. The lowest BCUT2D eigenvalue weighted by Crippen LogP contribution is -2.47. The third-order valence-electron chi connectivity index (χ3n) is 3.43. The predicted molar refractivity (Wildman–Crippen MR) is 72.3 cm³/mol. The average molecular weight is 302 g/mol. The number of alkyl halides is 3. The Morgan fingerprint density at radius 2 is 2.14 bits per heavy atom. The van der Waals surface area contributed by atoms with Crippen LogP contribution in [0.4, 0.5) is 19.0 Å². The van der Waals surface area contributed by atoms with Crippen molar-refractivity contribution < 1.29 is 18.3 Å². The Labute approximate surface area is 120 Å². The van der Waals surface area contributed by atoms with Gasteiger partial charge in [0.1, 0.15) is 17.3 Å². The Morgan fingerprint density at radius 1 is 1.48 bits per heavy atom. The largest absolute Gasteiger partial charge is 0.433 e. The van der Waals surface area contributed by atoms with E-state index in [0.29, 0.717) is 19.4 Å². The van der Waals surface area contributed by atoms with Gasteiger partial charge < -0.3 is 15.7 Å². The van der Waals surface area contributed by atoms with Crippen molar-refractivity contribution in [1.29, 1.82) is 5.41 Å². The summed E-state index contributed by atoms with van der Waals surface area (Å²) in [6, 6.07) is 1.96. The molecular weight excluding hydrogens is 285 g/mol. The molecule has 21 heavy (non-hydrogen) atoms. The van der Waals surface area contributed by atoms with Gasteiger partial charge in [0.15, 0.2) is 0 Å². The summed E-state index contributed by atoms with van der Waals surface area (Å²) in [5.41, 5.74) is 3.53. The second-order valence-corrected chi connectivity index (χ2v) is 5.50. The molecule has 1 fully saturated rings. The van der Waals surface area contributed by atoms with Gasteiger partial charge in [-0.25, -0.2) is 4.98 Å². The Balaban J connectivity index is 2.46. The molecule has 0 amide bonds. The molecule has 1 saturated heterocycles. The monoisotopic (exact) mass is 302 g/mol. The summed E-state index contributed by atoms with van der Waals surface area (Å²) in [5, 5.41) is 17.6. The van der Waals surface area contributed by atoms with Crippen molar-refractivity contribution in [3.8, 4) is 0 Å². The van der Waals surface area contributed by atoms with Gasteiger partial charge in [-0.2, -0.15) is 13.2 Å². The lowest BCUT2D eigenvalue weighted by Gasteiger charge is -2.38. The highest BCUT2D eigenvalue weighted by Crippen LogP contribution is 2.32. The zero-order valence-corrected chi connectivity index (χ0v) is 11.5. The van der Waals surface area contributed by atoms with E-state index in [1.54, 1.807) is 11.8 Å². The third-order valence-corrected chi connectivity index (χ3v) is 3.43. The van der Waals surface area contributed by atoms with E-state index in [2.05, 4.69) is 4.98 Å². The van der Waals surface area contributed by atoms with Crippen LogP contribution in [0.1, 0.15) is 31.0 Å². The van der Waals surface area contributed by atoms with Gasteiger partial charge in [-0.3, -0.25) is 5.41 Å². The fourth-order valence-corrected chi connectivity index (χ4v) is 2.46. The summed E-state index contributed by atoms with van der Waals surface area (Å²) >= 11 is 0. The number of rotatable bonds is 2. The van der Waals surface area contributed by atoms with Gasteiger partial charge in [-0.05, 0) is 31.9 Å². The van der Waals surface area contributed by atoms with Crippen LogP contribution in [0.3, 0.4) is 0 Å². The number of nitrogens with zero attached hydrogens (tertiary/aromatic N) is 2. The van der Waals surface area contributed by atoms with Crippen LogP contribution in [0.15, 0.2) is 12.1 Å². The Hall–Kier alpha value is -1.83. The summed E-state index contributed by atoms with van der Waals surface area (Å²) in [4.78, 5) is 5.17. The molecule has 1 aromatic rings. The molecule has 0 aliphatic carbocycles. The van der Waals surface area contributed by atoms with E-state index >= 15 is 0 Å². The minimum absolute atomic E-state index is 0.00250. The van der Waals surface area contributed by atoms with Crippen LogP contribution in [0.5, 0.6) is 0 Å². The summed E-state index contributed by atoms with van der Waals surface area (Å²) < 4.78 is 38.4. The highest BCUT2D eigenvalue weighted by atomic mass is 19.4. The molecule has 0 aromatic carbocycles. The molecule has 2 heterocycles. The van der Waals surface area contributed by atoms with E-state index in [4.69, 9.17) is 11.1 Å². The topological polar surface area (TPSA) is 86.2 Å². The molecule has 0 spiro atoms. The second kappa shape index (κ2) is 5.18. The number of hydrogen-bond donors (Lipinski definition) is 3. The first-order valence-corrected chi connectivity index (χ1v) is 6.50. The highest BCUT2D eigenvalue weighted by molar-refractivity contribution is 5.99. The van der Waals surface area contributed by atoms with Crippen molar-refractivity contribution >= 4 is 11.7 Å². The van der Waals surface area contributed by atoms with Crippen LogP contribution in [-0.4, -0.2) is 34.6 Å². The molecule has 2 rings (SSSR count). The molecular formula is C13H17F3N4O. The molecule has 5 nitrogen and oxygen atoms in total. The molecule has 0 radical (unpaired) electrons. The Bertz CT molecular complexity index is 557. The van der Waals surface area contributed by atoms with E-state index in [9.17, 15) is 18.3 Å². The van der Waals surface area contributed by atoms with Crippen molar-refractivity contribution in [2.45, 2.75) is 31.5 Å². The first kappa shape index (κ1) is 15.6. The molecule has 1 aliphatic heterocycles. The lowest BCUT2D eigenvalue weighted by molar-refractivity contribution is -0.141. The number of halogens is 3. The van der Waals surface area contributed by atoms with Gasteiger partial charge in [-0.15, -0.1) is 0 Å². The van der Waals surface area contributed by atoms with E-state index in [0.717, 1.165) is 12.1 Å². The summed E-state index contributed by atoms with van der Waals surface area (Å²) in [7, 11) is 0. The minimum atomic E-state index is -4.57. The first-order valence-electron chi connectivity index (χ1n) is 6.50. The normalized spacial score (nSPS) is 23.2. The van der Waals surface area contributed by atoms with Crippen molar-refractivity contribution in [3.05, 3.63) is 23.4 Å². The van der Waals surface area contributed by atoms with Crippen LogP contribution in [-0.2, 0) is 6.18 Å². The van der Waals surface area contributed by atoms with Gasteiger partial charge >= 0.3 is 6.18 Å². The number of β-amino-alcohol motifs (C(OH)–C–C–N with tert-alkyl or cyclic N) is 1. The molecule has 1 unspecified atom stereocenters. The quantitative estimate of drug-likeness (QED) is 0.573. The van der Waals surface area contributed by atoms with Crippen molar-refractivity contribution in [3.63, 3.8) is 0 Å². The van der Waals surface area contributed by atoms with Gasteiger partial charge in [0.05, 0.1) is 11.2 Å². The maximum Gasteiger partial charge on any atom is 0.433 e. The molecule has 0 bridgehead atoms. The van der Waals surface area contributed by atoms with Crippen molar-refractivity contribution in [2.24, 2.45) is 5.73 Å². The fourth-order valence-electron chi connectivity index (χ4n) is 2.46. The molecule has 1 aromatic heterocycles. The number of nitrogens with two attached hydrogens (primary N) is 1. The summed E-state index contributed by atoms with van der Waals surface area (Å²) in [6.07, 6.45) is -3.37. The van der Waals surface area contributed by atoms with E-state index in [1.807, 2.05) is 0 Å². The minimum Gasteiger partial charge on any atom is -0.388 e. The first-order chi connectivity index (χ1) is 9.60. The van der Waals surface area contributed by atoms with Crippen LogP contribution in [0, 0.1) is 5.41 Å². The lowest BCUT2D eigenvalue weighted by atomic mass is 9.95. The molecule has 1 aliphatic rings. The van der Waals surface area contributed by atoms with Gasteiger partial charge in [-0.1, -0.05) is 0 Å². The molecule has 8 heteroatoms. The number of amidine groups is 1. The zero-order valence-electron chi connectivity index (χ0n) is 11.5. The standard InChI is InChI=1S/C13H17F3N4O/c1-12(21)5-2-6-20(7-12)11-8(10(17)18)3-4-9(19-11)13(14,15)16/h3-4,21H,2,5-7H2,1H3,(H3,17,18). The maximum atomic E-state index is 12.8. The molecule has 4 N–H and O–H groups in total. The van der Waals surface area contributed by atoms with E-state index < -0.39 is 17.5 Å². The Kier molecular flexibility index (Phi) is 3.83. The number of piperidine rings is 1. The summed E-state index contributed by atoms with van der Waals surface area (Å²) in [6.45, 7) is 2.24. The second-order valence-electron chi connectivity index (χ2n) is 5.50. The smallest absolute Gasteiger partial charge is 0.388 e.